The van der Waals surface area contributed by atoms with E-state index in [1.807, 2.05) is 6.92 Å². The summed E-state index contributed by atoms with van der Waals surface area (Å²) in [7, 11) is 0. The summed E-state index contributed by atoms with van der Waals surface area (Å²) in [5.41, 5.74) is 6.07. The molecule has 6 heteroatoms. The molecule has 0 aromatic heterocycles. The van der Waals surface area contributed by atoms with Crippen LogP contribution in [-0.2, 0) is 9.59 Å². The Morgan fingerprint density at radius 1 is 1.22 bits per heavy atom. The molecule has 2 aliphatic rings. The monoisotopic (exact) mass is 275 g/mol. The lowest BCUT2D eigenvalue weighted by Gasteiger charge is -2.26. The molecule has 0 spiro atoms. The fourth-order valence-corrected chi connectivity index (χ4v) is 3.27. The molecule has 5 nitrogen and oxygen atoms in total. The number of nitrogens with two attached hydrogens (primary N) is 1. The smallest absolute Gasteiger partial charge is 0.239 e. The third kappa shape index (κ3) is 2.95. The van der Waals surface area contributed by atoms with Crippen LogP contribution in [0.3, 0.4) is 0 Å². The molecule has 0 aromatic carbocycles. The highest BCUT2D eigenvalue weighted by Gasteiger charge is 2.48. The molecule has 104 valence electrons. The zero-order valence-electron chi connectivity index (χ0n) is 10.6. The van der Waals surface area contributed by atoms with Crippen LogP contribution in [0.5, 0.6) is 0 Å². The van der Waals surface area contributed by atoms with Crippen molar-refractivity contribution < 1.29 is 9.59 Å². The van der Waals surface area contributed by atoms with E-state index < -0.39 is 0 Å². The van der Waals surface area contributed by atoms with Gasteiger partial charge in [-0.1, -0.05) is 0 Å². The van der Waals surface area contributed by atoms with Crippen LogP contribution >= 0.6 is 12.4 Å². The van der Waals surface area contributed by atoms with E-state index in [-0.39, 0.29) is 42.7 Å². The van der Waals surface area contributed by atoms with Gasteiger partial charge in [-0.25, -0.2) is 0 Å². The molecule has 2 rings (SSSR count). The normalized spacial score (nSPS) is 32.8. The summed E-state index contributed by atoms with van der Waals surface area (Å²) in [6, 6.07) is -0.0111. The van der Waals surface area contributed by atoms with Crippen molar-refractivity contribution in [3.63, 3.8) is 0 Å². The Kier molecular flexibility index (Phi) is 5.41. The summed E-state index contributed by atoms with van der Waals surface area (Å²) in [5, 5.41) is 5.35. The van der Waals surface area contributed by atoms with Crippen molar-refractivity contribution in [2.24, 2.45) is 23.5 Å². The summed E-state index contributed by atoms with van der Waals surface area (Å²) in [6.07, 6.45) is 3.35. The van der Waals surface area contributed by atoms with Crippen LogP contribution in [0.1, 0.15) is 26.2 Å². The van der Waals surface area contributed by atoms with Gasteiger partial charge in [0.15, 0.2) is 0 Å². The number of likely N-dealkylation sites (N-methyl/N-ethyl adjacent to an activating group) is 1. The molecule has 0 heterocycles. The number of hydrogen-bond donors (Lipinski definition) is 3. The SMILES string of the molecule is CCNC(=O)CNC(=O)C1C2CCC(C2)C1N.Cl. The molecule has 0 radical (unpaired) electrons. The lowest BCUT2D eigenvalue weighted by molar-refractivity contribution is -0.130. The van der Waals surface area contributed by atoms with Crippen LogP contribution < -0.4 is 16.4 Å². The summed E-state index contributed by atoms with van der Waals surface area (Å²) in [5.74, 6) is 0.682. The van der Waals surface area contributed by atoms with Crippen molar-refractivity contribution in [3.05, 3.63) is 0 Å². The van der Waals surface area contributed by atoms with Crippen LogP contribution in [-0.4, -0.2) is 30.9 Å². The Hall–Kier alpha value is -0.810. The molecular formula is C12H22ClN3O2. The first kappa shape index (κ1) is 15.2. The van der Waals surface area contributed by atoms with Gasteiger partial charge in [-0.15, -0.1) is 12.4 Å². The number of hydrogen-bond acceptors (Lipinski definition) is 3. The molecule has 0 saturated heterocycles. The predicted octanol–water partition coefficient (Wildman–Crippen LogP) is 0.0339. The van der Waals surface area contributed by atoms with Gasteiger partial charge in [-0.05, 0) is 38.0 Å². The Balaban J connectivity index is 0.00000162. The maximum Gasteiger partial charge on any atom is 0.239 e. The maximum absolute atomic E-state index is 12.0. The van der Waals surface area contributed by atoms with Crippen LogP contribution in [0.25, 0.3) is 0 Å². The Morgan fingerprint density at radius 2 is 1.89 bits per heavy atom. The number of nitrogens with one attached hydrogen (secondary N) is 2. The van der Waals surface area contributed by atoms with Crippen molar-refractivity contribution in [3.8, 4) is 0 Å². The standard InChI is InChI=1S/C12H21N3O2.ClH/c1-2-14-9(16)6-15-12(17)10-7-3-4-8(5-7)11(10)13;/h7-8,10-11H,2-6,13H2,1H3,(H,14,16)(H,15,17);1H. The van der Waals surface area contributed by atoms with Crippen LogP contribution in [0.15, 0.2) is 0 Å². The minimum absolute atomic E-state index is 0. The van der Waals surface area contributed by atoms with Crippen molar-refractivity contribution in [2.75, 3.05) is 13.1 Å². The number of rotatable bonds is 4. The largest absolute Gasteiger partial charge is 0.355 e. The second kappa shape index (κ2) is 6.38. The fraction of sp³-hybridized carbons (Fsp3) is 0.833. The van der Waals surface area contributed by atoms with Crippen molar-refractivity contribution in [2.45, 2.75) is 32.2 Å². The molecular weight excluding hydrogens is 254 g/mol. The first-order valence-electron chi connectivity index (χ1n) is 6.43. The van der Waals surface area contributed by atoms with E-state index in [1.165, 1.54) is 0 Å². The van der Waals surface area contributed by atoms with Gasteiger partial charge in [0.2, 0.25) is 11.8 Å². The number of carbonyl (C=O) groups is 2. The van der Waals surface area contributed by atoms with E-state index >= 15 is 0 Å². The number of carbonyl (C=O) groups excluding carboxylic acids is 2. The van der Waals surface area contributed by atoms with Crippen LogP contribution in [0.4, 0.5) is 0 Å². The van der Waals surface area contributed by atoms with E-state index in [1.54, 1.807) is 0 Å². The highest BCUT2D eigenvalue weighted by atomic mass is 35.5. The van der Waals surface area contributed by atoms with Gasteiger partial charge in [0.1, 0.15) is 0 Å². The molecule has 4 N–H and O–H groups in total. The zero-order chi connectivity index (χ0) is 12.4. The average molecular weight is 276 g/mol. The first-order chi connectivity index (χ1) is 8.13. The van der Waals surface area contributed by atoms with Gasteiger partial charge in [0.05, 0.1) is 12.5 Å². The van der Waals surface area contributed by atoms with E-state index in [9.17, 15) is 9.59 Å². The first-order valence-corrected chi connectivity index (χ1v) is 6.43. The Morgan fingerprint density at radius 3 is 2.44 bits per heavy atom. The van der Waals surface area contributed by atoms with Crippen molar-refractivity contribution >= 4 is 24.2 Å². The van der Waals surface area contributed by atoms with E-state index in [4.69, 9.17) is 5.73 Å². The second-order valence-electron chi connectivity index (χ2n) is 5.11. The minimum atomic E-state index is -0.141. The molecule has 2 fully saturated rings. The second-order valence-corrected chi connectivity index (χ2v) is 5.11. The molecule has 2 amide bonds. The van der Waals surface area contributed by atoms with Gasteiger partial charge in [-0.2, -0.15) is 0 Å². The van der Waals surface area contributed by atoms with Gasteiger partial charge in [0, 0.05) is 12.6 Å². The highest BCUT2D eigenvalue weighted by Crippen LogP contribution is 2.47. The van der Waals surface area contributed by atoms with Crippen LogP contribution in [0, 0.1) is 17.8 Å². The molecule has 0 aliphatic heterocycles. The van der Waals surface area contributed by atoms with Crippen LogP contribution in [0.2, 0.25) is 0 Å². The highest BCUT2D eigenvalue weighted by molar-refractivity contribution is 5.86. The third-order valence-corrected chi connectivity index (χ3v) is 4.08. The molecule has 4 atom stereocenters. The molecule has 2 bridgehead atoms. The quantitative estimate of drug-likeness (QED) is 0.677. The maximum atomic E-state index is 12.0. The Labute approximate surface area is 114 Å². The van der Waals surface area contributed by atoms with Crippen molar-refractivity contribution in [1.82, 2.24) is 10.6 Å². The van der Waals surface area contributed by atoms with Gasteiger partial charge < -0.3 is 16.4 Å². The molecule has 4 unspecified atom stereocenters. The predicted molar refractivity (Wildman–Crippen MR) is 71.2 cm³/mol. The molecule has 18 heavy (non-hydrogen) atoms. The average Bonchev–Trinajstić information content (AvgIpc) is 2.86. The van der Waals surface area contributed by atoms with E-state index in [2.05, 4.69) is 10.6 Å². The number of amides is 2. The van der Waals surface area contributed by atoms with Gasteiger partial charge in [0.25, 0.3) is 0 Å². The minimum Gasteiger partial charge on any atom is -0.355 e. The van der Waals surface area contributed by atoms with Gasteiger partial charge >= 0.3 is 0 Å². The lowest BCUT2D eigenvalue weighted by atomic mass is 9.84. The summed E-state index contributed by atoms with van der Waals surface area (Å²) in [6.45, 7) is 2.50. The lowest BCUT2D eigenvalue weighted by Crippen LogP contribution is -2.47. The summed E-state index contributed by atoms with van der Waals surface area (Å²) in [4.78, 5) is 23.2. The van der Waals surface area contributed by atoms with Crippen molar-refractivity contribution in [1.29, 1.82) is 0 Å². The zero-order valence-corrected chi connectivity index (χ0v) is 11.5. The van der Waals surface area contributed by atoms with Gasteiger partial charge in [-0.3, -0.25) is 9.59 Å². The van der Waals surface area contributed by atoms with E-state index in [0.29, 0.717) is 18.4 Å². The summed E-state index contributed by atoms with van der Waals surface area (Å²) >= 11 is 0. The number of halogens is 1. The molecule has 0 aromatic rings. The molecule has 2 aliphatic carbocycles. The fourth-order valence-electron chi connectivity index (χ4n) is 3.27. The Bertz CT molecular complexity index is 322. The summed E-state index contributed by atoms with van der Waals surface area (Å²) < 4.78 is 0. The van der Waals surface area contributed by atoms with E-state index in [0.717, 1.165) is 19.3 Å². The third-order valence-electron chi connectivity index (χ3n) is 4.08. The number of fused-ring (bicyclic) bond motifs is 2. The molecule has 2 saturated carbocycles. The topological polar surface area (TPSA) is 84.2 Å².